The van der Waals surface area contributed by atoms with Gasteiger partial charge in [-0.05, 0) is 74.6 Å². The third-order valence-corrected chi connectivity index (χ3v) is 6.48. The molecule has 0 radical (unpaired) electrons. The van der Waals surface area contributed by atoms with Crippen LogP contribution in [0.15, 0.2) is 48.8 Å². The Bertz CT molecular complexity index is 945. The fraction of sp³-hybridized carbons (Fsp3) is 0.318. The van der Waals surface area contributed by atoms with E-state index in [-0.39, 0.29) is 12.1 Å². The van der Waals surface area contributed by atoms with Gasteiger partial charge in [0, 0.05) is 28.5 Å². The van der Waals surface area contributed by atoms with E-state index in [2.05, 4.69) is 34.5 Å². The van der Waals surface area contributed by atoms with Crippen LogP contribution in [0.1, 0.15) is 41.8 Å². The average molecular weight is 396 g/mol. The highest BCUT2D eigenvalue weighted by molar-refractivity contribution is 7.15. The number of methoxy groups -OCH3 is 1. The van der Waals surface area contributed by atoms with Crippen LogP contribution in [0.4, 0.5) is 10.5 Å². The zero-order valence-corrected chi connectivity index (χ0v) is 17.0. The van der Waals surface area contributed by atoms with Gasteiger partial charge in [0.15, 0.2) is 0 Å². The molecule has 2 N–H and O–H groups in total. The molecule has 1 aromatic carbocycles. The van der Waals surface area contributed by atoms with E-state index in [1.807, 2.05) is 47.7 Å². The third kappa shape index (κ3) is 3.78. The van der Waals surface area contributed by atoms with Crippen LogP contribution >= 0.6 is 11.3 Å². The Labute approximate surface area is 169 Å². The molecule has 0 saturated carbocycles. The van der Waals surface area contributed by atoms with Crippen LogP contribution in [0.3, 0.4) is 0 Å². The summed E-state index contributed by atoms with van der Waals surface area (Å²) in [5.74, 6) is 0.764. The summed E-state index contributed by atoms with van der Waals surface area (Å²) in [7, 11) is 1.63. The van der Waals surface area contributed by atoms with Crippen LogP contribution in [-0.4, -0.2) is 17.7 Å². The zero-order chi connectivity index (χ0) is 19.5. The predicted molar refractivity (Wildman–Crippen MR) is 114 cm³/mol. The number of aryl methyl sites for hydroxylation is 1. The maximum absolute atomic E-state index is 12.6. The van der Waals surface area contributed by atoms with E-state index in [1.165, 1.54) is 33.8 Å². The molecule has 146 valence electrons. The summed E-state index contributed by atoms with van der Waals surface area (Å²) in [5.41, 5.74) is 3.42. The van der Waals surface area contributed by atoms with Crippen molar-refractivity contribution in [1.29, 1.82) is 0 Å². The molecule has 1 atom stereocenters. The number of nitrogens with one attached hydrogen (secondary N) is 2. The van der Waals surface area contributed by atoms with Gasteiger partial charge in [-0.15, -0.1) is 11.3 Å². The molecular formula is C22H25N3O2S. The molecule has 4 rings (SSSR count). The molecule has 2 aromatic heterocycles. The number of nitrogens with zero attached hydrogens (tertiary/aromatic N) is 1. The van der Waals surface area contributed by atoms with E-state index in [4.69, 9.17) is 4.74 Å². The van der Waals surface area contributed by atoms with Crippen LogP contribution < -0.4 is 15.4 Å². The first-order valence-electron chi connectivity index (χ1n) is 9.65. The molecule has 0 fully saturated rings. The summed E-state index contributed by atoms with van der Waals surface area (Å²) in [6.07, 6.45) is 8.84. The van der Waals surface area contributed by atoms with Gasteiger partial charge in [0.1, 0.15) is 10.8 Å². The average Bonchev–Trinajstić information content (AvgIpc) is 3.36. The molecule has 1 aliphatic carbocycles. The van der Waals surface area contributed by atoms with Crippen molar-refractivity contribution in [2.75, 3.05) is 12.4 Å². The fourth-order valence-corrected chi connectivity index (χ4v) is 5.25. The van der Waals surface area contributed by atoms with E-state index in [1.54, 1.807) is 7.11 Å². The molecule has 2 amide bonds. The van der Waals surface area contributed by atoms with Gasteiger partial charge in [0.05, 0.1) is 13.2 Å². The van der Waals surface area contributed by atoms with E-state index >= 15 is 0 Å². The van der Waals surface area contributed by atoms with E-state index in [0.29, 0.717) is 0 Å². The maximum Gasteiger partial charge on any atom is 0.319 e. The number of urea groups is 1. The molecule has 6 heteroatoms. The molecule has 1 aliphatic rings. The number of hydrogen-bond donors (Lipinski definition) is 2. The number of ether oxygens (including phenoxy) is 1. The number of hydrogen-bond acceptors (Lipinski definition) is 3. The van der Waals surface area contributed by atoms with E-state index in [9.17, 15) is 4.79 Å². The van der Waals surface area contributed by atoms with Gasteiger partial charge in [0.2, 0.25) is 0 Å². The lowest BCUT2D eigenvalue weighted by atomic mass is 9.93. The monoisotopic (exact) mass is 395 g/mol. The molecule has 0 saturated heterocycles. The number of rotatable bonds is 5. The lowest BCUT2D eigenvalue weighted by molar-refractivity contribution is 0.249. The number of amides is 2. The summed E-state index contributed by atoms with van der Waals surface area (Å²) < 4.78 is 7.32. The van der Waals surface area contributed by atoms with Crippen LogP contribution in [0, 0.1) is 0 Å². The highest BCUT2D eigenvalue weighted by atomic mass is 32.1. The Morgan fingerprint density at radius 1 is 1.14 bits per heavy atom. The molecule has 28 heavy (non-hydrogen) atoms. The smallest absolute Gasteiger partial charge is 0.319 e. The Kier molecular flexibility index (Phi) is 5.39. The minimum absolute atomic E-state index is 0.0752. The molecule has 2 heterocycles. The second kappa shape index (κ2) is 8.10. The highest BCUT2D eigenvalue weighted by Crippen LogP contribution is 2.40. The van der Waals surface area contributed by atoms with Gasteiger partial charge < -0.3 is 19.9 Å². The Morgan fingerprint density at radius 2 is 1.86 bits per heavy atom. The quantitative estimate of drug-likeness (QED) is 0.615. The predicted octanol–water partition coefficient (Wildman–Crippen LogP) is 5.31. The number of carbonyl (C=O) groups is 1. The number of aromatic nitrogens is 1. The number of thiophene rings is 1. The van der Waals surface area contributed by atoms with Crippen molar-refractivity contribution in [2.45, 2.75) is 38.6 Å². The van der Waals surface area contributed by atoms with Crippen molar-refractivity contribution in [2.24, 2.45) is 0 Å². The molecule has 3 aromatic rings. The number of fused-ring (bicyclic) bond motifs is 1. The largest absolute Gasteiger partial charge is 0.497 e. The Morgan fingerprint density at radius 3 is 2.57 bits per heavy atom. The van der Waals surface area contributed by atoms with Crippen molar-refractivity contribution in [3.63, 3.8) is 0 Å². The SMILES string of the molecule is COc1ccc(NC(=O)N[C@@H](C)c2c(-n3cccc3)sc3c2CCCC3)cc1. The summed E-state index contributed by atoms with van der Waals surface area (Å²) >= 11 is 1.86. The lowest BCUT2D eigenvalue weighted by Gasteiger charge is -2.20. The van der Waals surface area contributed by atoms with E-state index < -0.39 is 0 Å². The van der Waals surface area contributed by atoms with Crippen molar-refractivity contribution in [3.05, 3.63) is 64.8 Å². The van der Waals surface area contributed by atoms with Gasteiger partial charge in [-0.2, -0.15) is 0 Å². The second-order valence-electron chi connectivity index (χ2n) is 7.07. The normalized spacial score (nSPS) is 14.2. The number of benzene rings is 1. The first-order chi connectivity index (χ1) is 13.7. The minimum Gasteiger partial charge on any atom is -0.497 e. The first kappa shape index (κ1) is 18.6. The molecule has 0 bridgehead atoms. The van der Waals surface area contributed by atoms with E-state index in [0.717, 1.165) is 24.3 Å². The minimum atomic E-state index is -0.202. The fourth-order valence-electron chi connectivity index (χ4n) is 3.79. The summed E-state index contributed by atoms with van der Waals surface area (Å²) in [5, 5.41) is 7.25. The molecule has 0 spiro atoms. The van der Waals surface area contributed by atoms with Gasteiger partial charge in [0.25, 0.3) is 0 Å². The standard InChI is InChI=1S/C22H25N3O2S/c1-15(23-22(26)24-16-9-11-17(27-2)12-10-16)20-18-7-3-4-8-19(18)28-21(20)25-13-5-6-14-25/h5-6,9-15H,3-4,7-8H2,1-2H3,(H2,23,24,26)/t15-/m0/s1. The summed E-state index contributed by atoms with van der Waals surface area (Å²) in [6.45, 7) is 2.07. The van der Waals surface area contributed by atoms with Crippen molar-refractivity contribution in [3.8, 4) is 10.8 Å². The second-order valence-corrected chi connectivity index (χ2v) is 8.15. The number of anilines is 1. The zero-order valence-electron chi connectivity index (χ0n) is 16.2. The highest BCUT2D eigenvalue weighted by Gasteiger charge is 2.25. The maximum atomic E-state index is 12.6. The van der Waals surface area contributed by atoms with Crippen molar-refractivity contribution in [1.82, 2.24) is 9.88 Å². The third-order valence-electron chi connectivity index (χ3n) is 5.16. The molecule has 0 unspecified atom stereocenters. The molecule has 5 nitrogen and oxygen atoms in total. The van der Waals surface area contributed by atoms with Gasteiger partial charge in [-0.3, -0.25) is 0 Å². The first-order valence-corrected chi connectivity index (χ1v) is 10.5. The Hall–Kier alpha value is -2.73. The van der Waals surface area contributed by atoms with Crippen LogP contribution in [-0.2, 0) is 12.8 Å². The van der Waals surface area contributed by atoms with Crippen LogP contribution in [0.2, 0.25) is 0 Å². The summed E-state index contributed by atoms with van der Waals surface area (Å²) in [4.78, 5) is 14.0. The summed E-state index contributed by atoms with van der Waals surface area (Å²) in [6, 6.07) is 11.1. The number of carbonyl (C=O) groups excluding carboxylic acids is 1. The lowest BCUT2D eigenvalue weighted by Crippen LogP contribution is -2.32. The van der Waals surface area contributed by atoms with Gasteiger partial charge in [-0.25, -0.2) is 4.79 Å². The molecule has 0 aliphatic heterocycles. The van der Waals surface area contributed by atoms with Crippen molar-refractivity contribution >= 4 is 23.1 Å². The van der Waals surface area contributed by atoms with Gasteiger partial charge in [-0.1, -0.05) is 0 Å². The van der Waals surface area contributed by atoms with Crippen LogP contribution in [0.5, 0.6) is 5.75 Å². The topological polar surface area (TPSA) is 55.3 Å². The van der Waals surface area contributed by atoms with Crippen LogP contribution in [0.25, 0.3) is 5.00 Å². The Balaban J connectivity index is 1.54. The molecular weight excluding hydrogens is 370 g/mol. The van der Waals surface area contributed by atoms with Gasteiger partial charge >= 0.3 is 6.03 Å². The van der Waals surface area contributed by atoms with Crippen molar-refractivity contribution < 1.29 is 9.53 Å².